The van der Waals surface area contributed by atoms with Crippen LogP contribution in [0.5, 0.6) is 0 Å². The number of cyclic esters (lactones) is 1. The van der Waals surface area contributed by atoms with Crippen molar-refractivity contribution in [1.82, 2.24) is 0 Å². The molecule has 0 bridgehead atoms. The van der Waals surface area contributed by atoms with E-state index in [1.807, 2.05) is 13.8 Å². The molecular formula is C24H36O5. The largest absolute Gasteiger partial charge is 0.462 e. The highest BCUT2D eigenvalue weighted by molar-refractivity contribution is 5.72. The first-order valence-corrected chi connectivity index (χ1v) is 11.3. The van der Waals surface area contributed by atoms with E-state index in [1.54, 1.807) is 0 Å². The zero-order valence-corrected chi connectivity index (χ0v) is 18.2. The molecule has 1 unspecified atom stereocenters. The lowest BCUT2D eigenvalue weighted by Crippen LogP contribution is -2.42. The molecule has 2 aliphatic carbocycles. The van der Waals surface area contributed by atoms with E-state index in [1.165, 1.54) is 5.57 Å². The van der Waals surface area contributed by atoms with E-state index in [2.05, 4.69) is 32.1 Å². The van der Waals surface area contributed by atoms with Crippen molar-refractivity contribution in [2.45, 2.75) is 84.5 Å². The van der Waals surface area contributed by atoms with Crippen LogP contribution in [0, 0.1) is 29.6 Å². The molecule has 0 aromatic carbocycles. The van der Waals surface area contributed by atoms with Crippen molar-refractivity contribution < 1.29 is 24.2 Å². The lowest BCUT2D eigenvalue weighted by molar-refractivity contribution is -0.162. The zero-order valence-electron chi connectivity index (χ0n) is 18.2. The average molecular weight is 405 g/mol. The summed E-state index contributed by atoms with van der Waals surface area (Å²) in [5.41, 5.74) is 1.27. The third-order valence-electron chi connectivity index (χ3n) is 6.93. The van der Waals surface area contributed by atoms with Gasteiger partial charge < -0.3 is 14.6 Å². The lowest BCUT2D eigenvalue weighted by atomic mass is 9.65. The fraction of sp³-hybridized carbons (Fsp3) is 0.750. The molecule has 1 aliphatic heterocycles. The molecule has 0 spiro atoms. The molecule has 0 radical (unpaired) electrons. The summed E-state index contributed by atoms with van der Waals surface area (Å²) in [4.78, 5) is 24.2. The minimum atomic E-state index is -0.597. The molecular weight excluding hydrogens is 368 g/mol. The van der Waals surface area contributed by atoms with E-state index in [4.69, 9.17) is 9.47 Å². The van der Waals surface area contributed by atoms with Gasteiger partial charge in [0, 0.05) is 12.3 Å². The first-order chi connectivity index (χ1) is 13.8. The number of carbonyl (C=O) groups is 2. The molecule has 5 heteroatoms. The third kappa shape index (κ3) is 5.30. The summed E-state index contributed by atoms with van der Waals surface area (Å²) < 4.78 is 11.5. The molecule has 3 rings (SSSR count). The average Bonchev–Trinajstić information content (AvgIpc) is 2.65. The lowest BCUT2D eigenvalue weighted by Gasteiger charge is -2.43. The topological polar surface area (TPSA) is 72.8 Å². The highest BCUT2D eigenvalue weighted by Crippen LogP contribution is 2.45. The Kier molecular flexibility index (Phi) is 7.20. The van der Waals surface area contributed by atoms with Gasteiger partial charge in [-0.15, -0.1) is 0 Å². The quantitative estimate of drug-likeness (QED) is 0.672. The summed E-state index contributed by atoms with van der Waals surface area (Å²) in [6.45, 7) is 8.33. The second-order valence-electron chi connectivity index (χ2n) is 9.36. The standard InChI is InChI=1S/C24H36O5/c1-5-15(3)24(27)29-21-11-14(2)10-17-7-6-16(4)20(23(17)21)9-8-19-12-18(25)13-22(26)28-19/h6-7,10,14-16,18-21,23,25H,5,8-9,11-13H2,1-4H3/t14-,15+,16+,18-,19+,20+,21-,23?/m1/s1. The number of hydrogen-bond donors (Lipinski definition) is 1. The van der Waals surface area contributed by atoms with Crippen molar-refractivity contribution in [1.29, 1.82) is 0 Å². The van der Waals surface area contributed by atoms with Crippen LogP contribution in [0.4, 0.5) is 0 Å². The maximum absolute atomic E-state index is 12.5. The maximum Gasteiger partial charge on any atom is 0.308 e. The molecule has 1 saturated heterocycles. The molecule has 0 aromatic rings. The Morgan fingerprint density at radius 1 is 1.31 bits per heavy atom. The first-order valence-electron chi connectivity index (χ1n) is 11.3. The van der Waals surface area contributed by atoms with Crippen LogP contribution in [0.3, 0.4) is 0 Å². The second kappa shape index (κ2) is 9.46. The summed E-state index contributed by atoms with van der Waals surface area (Å²) in [6.07, 6.45) is 9.70. The minimum Gasteiger partial charge on any atom is -0.462 e. The van der Waals surface area contributed by atoms with Crippen molar-refractivity contribution in [2.24, 2.45) is 29.6 Å². The van der Waals surface area contributed by atoms with Gasteiger partial charge in [0.2, 0.25) is 0 Å². The van der Waals surface area contributed by atoms with Crippen molar-refractivity contribution in [3.05, 3.63) is 23.8 Å². The fourth-order valence-corrected chi connectivity index (χ4v) is 5.07. The Morgan fingerprint density at radius 2 is 2.07 bits per heavy atom. The van der Waals surface area contributed by atoms with Crippen molar-refractivity contribution in [3.63, 3.8) is 0 Å². The molecule has 1 heterocycles. The molecule has 5 nitrogen and oxygen atoms in total. The van der Waals surface area contributed by atoms with E-state index in [0.29, 0.717) is 24.2 Å². The van der Waals surface area contributed by atoms with Gasteiger partial charge in [-0.1, -0.05) is 45.9 Å². The predicted molar refractivity (Wildman–Crippen MR) is 111 cm³/mol. The van der Waals surface area contributed by atoms with Crippen LogP contribution in [-0.2, 0) is 19.1 Å². The molecule has 1 fully saturated rings. The summed E-state index contributed by atoms with van der Waals surface area (Å²) in [7, 11) is 0. The summed E-state index contributed by atoms with van der Waals surface area (Å²) in [5.74, 6) is 0.755. The van der Waals surface area contributed by atoms with Crippen molar-refractivity contribution in [2.75, 3.05) is 0 Å². The van der Waals surface area contributed by atoms with Gasteiger partial charge in [0.05, 0.1) is 18.4 Å². The SMILES string of the molecule is CC[C@H](C)C(=O)O[C@@H]1C[C@H](C)C=C2C=C[C@H](C)[C@H](CC[C@H]3C[C@@H](O)CC(=O)O3)C21. The number of rotatable bonds is 6. The monoisotopic (exact) mass is 404 g/mol. The van der Waals surface area contributed by atoms with Crippen LogP contribution < -0.4 is 0 Å². The van der Waals surface area contributed by atoms with E-state index < -0.39 is 6.10 Å². The number of carbonyl (C=O) groups excluding carboxylic acids is 2. The van der Waals surface area contributed by atoms with E-state index in [9.17, 15) is 14.7 Å². The van der Waals surface area contributed by atoms with Crippen LogP contribution in [0.25, 0.3) is 0 Å². The van der Waals surface area contributed by atoms with Gasteiger partial charge in [0.15, 0.2) is 0 Å². The molecule has 8 atom stereocenters. The van der Waals surface area contributed by atoms with Crippen LogP contribution in [0.2, 0.25) is 0 Å². The number of fused-ring (bicyclic) bond motifs is 1. The molecule has 162 valence electrons. The molecule has 29 heavy (non-hydrogen) atoms. The predicted octanol–water partition coefficient (Wildman–Crippen LogP) is 4.20. The summed E-state index contributed by atoms with van der Waals surface area (Å²) in [5, 5.41) is 9.89. The number of aliphatic hydroxyl groups excluding tert-OH is 1. The number of aliphatic hydroxyl groups is 1. The Hall–Kier alpha value is -1.62. The normalized spacial score (nSPS) is 37.9. The highest BCUT2D eigenvalue weighted by atomic mass is 16.5. The maximum atomic E-state index is 12.5. The Balaban J connectivity index is 1.74. The van der Waals surface area contributed by atoms with Crippen LogP contribution in [-0.4, -0.2) is 35.4 Å². The molecule has 0 aromatic heterocycles. The van der Waals surface area contributed by atoms with Gasteiger partial charge in [0.1, 0.15) is 12.2 Å². The van der Waals surface area contributed by atoms with Crippen molar-refractivity contribution in [3.8, 4) is 0 Å². The number of esters is 2. The number of ether oxygens (including phenoxy) is 2. The highest BCUT2D eigenvalue weighted by Gasteiger charge is 2.42. The molecule has 0 saturated carbocycles. The Morgan fingerprint density at radius 3 is 2.76 bits per heavy atom. The summed E-state index contributed by atoms with van der Waals surface area (Å²) >= 11 is 0. The van der Waals surface area contributed by atoms with Gasteiger partial charge in [-0.05, 0) is 49.0 Å². The zero-order chi connectivity index (χ0) is 21.1. The molecule has 0 amide bonds. The smallest absolute Gasteiger partial charge is 0.308 e. The van der Waals surface area contributed by atoms with Crippen LogP contribution in [0.1, 0.15) is 66.2 Å². The van der Waals surface area contributed by atoms with Gasteiger partial charge >= 0.3 is 11.9 Å². The minimum absolute atomic E-state index is 0.0854. The van der Waals surface area contributed by atoms with Gasteiger partial charge in [-0.2, -0.15) is 0 Å². The van der Waals surface area contributed by atoms with Crippen molar-refractivity contribution >= 4 is 11.9 Å². The second-order valence-corrected chi connectivity index (χ2v) is 9.36. The first kappa shape index (κ1) is 22.1. The molecule has 1 N–H and O–H groups in total. The molecule has 3 aliphatic rings. The van der Waals surface area contributed by atoms with E-state index >= 15 is 0 Å². The number of hydrogen-bond acceptors (Lipinski definition) is 5. The van der Waals surface area contributed by atoms with Gasteiger partial charge in [-0.25, -0.2) is 0 Å². The van der Waals surface area contributed by atoms with E-state index in [0.717, 1.165) is 25.7 Å². The number of allylic oxidation sites excluding steroid dienone is 3. The third-order valence-corrected chi connectivity index (χ3v) is 6.93. The van der Waals surface area contributed by atoms with E-state index in [-0.39, 0.29) is 42.4 Å². The van der Waals surface area contributed by atoms with Gasteiger partial charge in [-0.3, -0.25) is 9.59 Å². The van der Waals surface area contributed by atoms with Gasteiger partial charge in [0.25, 0.3) is 0 Å². The summed E-state index contributed by atoms with van der Waals surface area (Å²) in [6, 6.07) is 0. The van der Waals surface area contributed by atoms with Crippen LogP contribution >= 0.6 is 0 Å². The van der Waals surface area contributed by atoms with Crippen LogP contribution in [0.15, 0.2) is 23.8 Å². The Bertz CT molecular complexity index is 666. The Labute approximate surface area is 174 Å². The fourth-order valence-electron chi connectivity index (χ4n) is 5.07.